The van der Waals surface area contributed by atoms with E-state index in [0.717, 1.165) is 35.7 Å². The zero-order chi connectivity index (χ0) is 27.2. The minimum Gasteiger partial charge on any atom is -0.493 e. The molecule has 7 nitrogen and oxygen atoms in total. The second-order valence-electron chi connectivity index (χ2n) is 9.67. The predicted molar refractivity (Wildman–Crippen MR) is 158 cm³/mol. The van der Waals surface area contributed by atoms with E-state index in [4.69, 9.17) is 14.5 Å². The largest absolute Gasteiger partial charge is 0.493 e. The zero-order valence-electron chi connectivity index (χ0n) is 22.3. The number of amides is 2. The molecule has 3 aromatic rings. The summed E-state index contributed by atoms with van der Waals surface area (Å²) >= 11 is 1.37. The number of thioether (sulfide) groups is 1. The van der Waals surface area contributed by atoms with E-state index in [1.165, 1.54) is 30.2 Å². The zero-order valence-corrected chi connectivity index (χ0v) is 23.1. The van der Waals surface area contributed by atoms with Crippen LogP contribution in [0.15, 0.2) is 77.3 Å². The van der Waals surface area contributed by atoms with Crippen molar-refractivity contribution in [2.75, 3.05) is 26.1 Å². The molecule has 0 unspecified atom stereocenters. The Labute approximate surface area is 233 Å². The number of fused-ring (bicyclic) bond motifs is 1. The lowest BCUT2D eigenvalue weighted by molar-refractivity contribution is -0.128. The highest BCUT2D eigenvalue weighted by molar-refractivity contribution is 8.15. The van der Waals surface area contributed by atoms with Crippen molar-refractivity contribution in [3.8, 4) is 11.5 Å². The first-order valence-corrected chi connectivity index (χ1v) is 14.2. The summed E-state index contributed by atoms with van der Waals surface area (Å²) in [4.78, 5) is 33.3. The fourth-order valence-electron chi connectivity index (χ4n) is 5.02. The quantitative estimate of drug-likeness (QED) is 0.304. The van der Waals surface area contributed by atoms with Crippen molar-refractivity contribution in [2.45, 2.75) is 43.8 Å². The molecule has 0 bridgehead atoms. The molecular weight excluding hydrogens is 510 g/mol. The number of allylic oxidation sites excluding steroid dienone is 1. The maximum absolute atomic E-state index is 13.6. The summed E-state index contributed by atoms with van der Waals surface area (Å²) in [6.07, 6.45) is 7.80. The molecule has 1 atom stereocenters. The van der Waals surface area contributed by atoms with Crippen molar-refractivity contribution in [2.24, 2.45) is 4.99 Å². The van der Waals surface area contributed by atoms with E-state index in [1.54, 1.807) is 37.3 Å². The third-order valence-corrected chi connectivity index (χ3v) is 8.26. The summed E-state index contributed by atoms with van der Waals surface area (Å²) in [7, 11) is 3.11. The molecule has 0 radical (unpaired) electrons. The molecule has 39 heavy (non-hydrogen) atoms. The summed E-state index contributed by atoms with van der Waals surface area (Å²) in [6, 6.07) is 19.3. The second-order valence-corrected chi connectivity index (χ2v) is 10.8. The van der Waals surface area contributed by atoms with Gasteiger partial charge in [-0.3, -0.25) is 14.5 Å². The predicted octanol–water partition coefficient (Wildman–Crippen LogP) is 6.71. The minimum absolute atomic E-state index is 0.0472. The van der Waals surface area contributed by atoms with Crippen LogP contribution in [0.3, 0.4) is 0 Å². The molecule has 5 rings (SSSR count). The third-order valence-electron chi connectivity index (χ3n) is 7.08. The van der Waals surface area contributed by atoms with Crippen molar-refractivity contribution in [3.63, 3.8) is 0 Å². The third kappa shape index (κ3) is 6.28. The van der Waals surface area contributed by atoms with Crippen LogP contribution in [0.5, 0.6) is 11.5 Å². The molecule has 1 aliphatic heterocycles. The molecule has 8 heteroatoms. The lowest BCUT2D eigenvalue weighted by Crippen LogP contribution is -2.34. The Hall–Kier alpha value is -3.78. The number of hydrogen-bond acceptors (Lipinski definition) is 6. The van der Waals surface area contributed by atoms with Crippen LogP contribution in [0.25, 0.3) is 10.8 Å². The molecule has 1 heterocycles. The molecule has 1 N–H and O–H groups in total. The Bertz CT molecular complexity index is 1430. The van der Waals surface area contributed by atoms with Crippen LogP contribution in [0.2, 0.25) is 0 Å². The first-order valence-electron chi connectivity index (χ1n) is 13.3. The molecule has 0 spiro atoms. The van der Waals surface area contributed by atoms with Crippen molar-refractivity contribution >= 4 is 50.9 Å². The number of nitrogens with one attached hydrogen (secondary N) is 1. The Morgan fingerprint density at radius 1 is 1.05 bits per heavy atom. The molecule has 202 valence electrons. The maximum Gasteiger partial charge on any atom is 0.242 e. The molecule has 1 saturated heterocycles. The van der Waals surface area contributed by atoms with Gasteiger partial charge in [-0.15, -0.1) is 0 Å². The van der Waals surface area contributed by atoms with Gasteiger partial charge in [0.2, 0.25) is 11.8 Å². The van der Waals surface area contributed by atoms with Gasteiger partial charge in [-0.2, -0.15) is 0 Å². The highest BCUT2D eigenvalue weighted by Crippen LogP contribution is 2.35. The number of rotatable bonds is 9. The van der Waals surface area contributed by atoms with E-state index in [-0.39, 0.29) is 18.2 Å². The van der Waals surface area contributed by atoms with E-state index >= 15 is 0 Å². The summed E-state index contributed by atoms with van der Waals surface area (Å²) < 4.78 is 10.6. The molecule has 0 aromatic heterocycles. The monoisotopic (exact) mass is 543 g/mol. The van der Waals surface area contributed by atoms with Gasteiger partial charge >= 0.3 is 0 Å². The Balaban J connectivity index is 1.36. The van der Waals surface area contributed by atoms with Gasteiger partial charge in [-0.05, 0) is 55.7 Å². The summed E-state index contributed by atoms with van der Waals surface area (Å²) in [5, 5.41) is 5.13. The summed E-state index contributed by atoms with van der Waals surface area (Å²) in [6.45, 7) is 0.565. The maximum atomic E-state index is 13.6. The lowest BCUT2D eigenvalue weighted by Gasteiger charge is -2.19. The average molecular weight is 544 g/mol. The number of carbonyl (C=O) groups is 2. The van der Waals surface area contributed by atoms with Crippen molar-refractivity contribution in [1.82, 2.24) is 4.90 Å². The van der Waals surface area contributed by atoms with Gasteiger partial charge < -0.3 is 14.8 Å². The lowest BCUT2D eigenvalue weighted by atomic mass is 9.97. The number of hydrogen-bond donors (Lipinski definition) is 1. The van der Waals surface area contributed by atoms with E-state index < -0.39 is 5.25 Å². The first kappa shape index (κ1) is 26.8. The number of anilines is 1. The van der Waals surface area contributed by atoms with Gasteiger partial charge in [-0.25, -0.2) is 4.99 Å². The second kappa shape index (κ2) is 12.4. The van der Waals surface area contributed by atoms with E-state index in [2.05, 4.69) is 23.5 Å². The Morgan fingerprint density at radius 2 is 1.87 bits per heavy atom. The number of amidine groups is 1. The fourth-order valence-corrected chi connectivity index (χ4v) is 6.20. The molecule has 2 aliphatic rings. The number of benzene rings is 3. The normalized spacial score (nSPS) is 18.4. The number of methoxy groups -OCH3 is 2. The van der Waals surface area contributed by atoms with Crippen LogP contribution in [0.4, 0.5) is 11.4 Å². The van der Waals surface area contributed by atoms with Gasteiger partial charge in [0.1, 0.15) is 5.25 Å². The van der Waals surface area contributed by atoms with Crippen LogP contribution in [0.1, 0.15) is 38.5 Å². The SMILES string of the molecule is COc1ccc(NC(=O)C[C@H]2SC(=Nc3cccc4ccccc34)N(CCC3=CCCCC3)C2=O)cc1OC. The van der Waals surface area contributed by atoms with Crippen molar-refractivity contribution < 1.29 is 19.1 Å². The molecular formula is C31H33N3O4S. The number of nitrogens with zero attached hydrogens (tertiary/aromatic N) is 2. The smallest absolute Gasteiger partial charge is 0.242 e. The van der Waals surface area contributed by atoms with Gasteiger partial charge in [0.25, 0.3) is 0 Å². The molecule has 0 saturated carbocycles. The topological polar surface area (TPSA) is 80.2 Å². The molecule has 1 fully saturated rings. The molecule has 2 amide bonds. The Morgan fingerprint density at radius 3 is 2.67 bits per heavy atom. The van der Waals surface area contributed by atoms with E-state index in [9.17, 15) is 9.59 Å². The Kier molecular flexibility index (Phi) is 8.51. The van der Waals surface area contributed by atoms with Gasteiger partial charge in [-0.1, -0.05) is 59.8 Å². The molecule has 3 aromatic carbocycles. The van der Waals surface area contributed by atoms with Crippen LogP contribution < -0.4 is 14.8 Å². The standard InChI is InChI=1S/C31H33N3O4S/c1-37-26-16-15-23(19-27(26)38-2)32-29(35)20-28-30(36)34(18-17-21-9-4-3-5-10-21)31(39-28)33-25-14-8-12-22-11-6-7-13-24(22)25/h6-9,11-16,19,28H,3-5,10,17-18,20H2,1-2H3,(H,32,35)/t28-/m1/s1. The number of aliphatic imine (C=N–C) groups is 1. The number of carbonyl (C=O) groups excluding carboxylic acids is 2. The van der Waals surface area contributed by atoms with Crippen molar-refractivity contribution in [1.29, 1.82) is 0 Å². The van der Waals surface area contributed by atoms with Gasteiger partial charge in [0.15, 0.2) is 16.7 Å². The highest BCUT2D eigenvalue weighted by atomic mass is 32.2. The fraction of sp³-hybridized carbons (Fsp3) is 0.323. The van der Waals surface area contributed by atoms with Crippen LogP contribution in [-0.2, 0) is 9.59 Å². The van der Waals surface area contributed by atoms with Crippen molar-refractivity contribution in [3.05, 3.63) is 72.3 Å². The van der Waals surface area contributed by atoms with Gasteiger partial charge in [0.05, 0.1) is 19.9 Å². The van der Waals surface area contributed by atoms with Crippen LogP contribution >= 0.6 is 11.8 Å². The molecule has 1 aliphatic carbocycles. The van der Waals surface area contributed by atoms with E-state index in [1.807, 2.05) is 30.3 Å². The highest BCUT2D eigenvalue weighted by Gasteiger charge is 2.39. The van der Waals surface area contributed by atoms with Gasteiger partial charge in [0, 0.05) is 30.1 Å². The minimum atomic E-state index is -0.542. The summed E-state index contributed by atoms with van der Waals surface area (Å²) in [5.74, 6) is 0.789. The average Bonchev–Trinajstić information content (AvgIpc) is 3.25. The number of ether oxygens (including phenoxy) is 2. The van der Waals surface area contributed by atoms with Crippen LogP contribution in [0, 0.1) is 0 Å². The summed E-state index contributed by atoms with van der Waals surface area (Å²) in [5.41, 5.74) is 2.80. The first-order chi connectivity index (χ1) is 19.1. The van der Waals surface area contributed by atoms with E-state index in [0.29, 0.717) is 28.9 Å². The van der Waals surface area contributed by atoms with Crippen LogP contribution in [-0.4, -0.2) is 47.9 Å².